The predicted molar refractivity (Wildman–Crippen MR) is 163 cm³/mol. The van der Waals surface area contributed by atoms with E-state index in [4.69, 9.17) is 4.74 Å². The summed E-state index contributed by atoms with van der Waals surface area (Å²) < 4.78 is 86.8. The third kappa shape index (κ3) is 6.99. The van der Waals surface area contributed by atoms with Gasteiger partial charge in [-0.1, -0.05) is 17.8 Å². The van der Waals surface area contributed by atoms with E-state index in [9.17, 15) is 26.0 Å². The van der Waals surface area contributed by atoms with Crippen LogP contribution in [-0.2, 0) is 16.4 Å². The molecule has 2 N–H and O–H groups in total. The molecule has 0 bridgehead atoms. The minimum Gasteiger partial charge on any atom is -0.495 e. The van der Waals surface area contributed by atoms with Crippen molar-refractivity contribution in [3.05, 3.63) is 48.2 Å². The Morgan fingerprint density at radius 3 is 2.58 bits per heavy atom. The van der Waals surface area contributed by atoms with E-state index >= 15 is 0 Å². The summed E-state index contributed by atoms with van der Waals surface area (Å²) in [6.45, 7) is 0.0666. The van der Waals surface area contributed by atoms with E-state index in [1.807, 2.05) is 11.9 Å². The van der Waals surface area contributed by atoms with Gasteiger partial charge in [-0.25, -0.2) is 12.8 Å². The number of benzene rings is 2. The van der Waals surface area contributed by atoms with Crippen LogP contribution in [0.3, 0.4) is 0 Å². The molecule has 43 heavy (non-hydrogen) atoms. The number of piperidine rings is 1. The maximum absolute atomic E-state index is 14.8. The number of thioether (sulfide) groups is 1. The molecule has 3 atom stereocenters. The molecule has 0 aliphatic carbocycles. The normalized spacial score (nSPS) is 21.7. The van der Waals surface area contributed by atoms with Gasteiger partial charge in [-0.05, 0) is 43.8 Å². The molecule has 3 heterocycles. The molecule has 2 aromatic carbocycles. The van der Waals surface area contributed by atoms with Gasteiger partial charge in [0.2, 0.25) is 0 Å². The number of hydrazone groups is 1. The zero-order valence-electron chi connectivity index (χ0n) is 24.2. The Morgan fingerprint density at radius 1 is 1.14 bits per heavy atom. The first kappa shape index (κ1) is 31.3. The SMILES string of the molecule is COc1cc(S(C)(=O)=O)ccc1NCC1=NN(C)C(c2cc3c(N[C@@H]4CCN(C)C[C@@H]4F)cccc3n2CC(F)(F)F)S1. The number of ether oxygens (including phenoxy) is 1. The second-order valence-corrected chi connectivity index (χ2v) is 14.0. The third-order valence-electron chi connectivity index (χ3n) is 7.54. The average molecular weight is 643 g/mol. The number of nitrogens with zero attached hydrogens (tertiary/aromatic N) is 4. The van der Waals surface area contributed by atoms with Crippen molar-refractivity contribution >= 4 is 48.9 Å². The van der Waals surface area contributed by atoms with Crippen LogP contribution >= 0.6 is 11.8 Å². The van der Waals surface area contributed by atoms with Crippen LogP contribution in [0.4, 0.5) is 28.9 Å². The van der Waals surface area contributed by atoms with Crippen LogP contribution in [0.5, 0.6) is 5.75 Å². The van der Waals surface area contributed by atoms with Crippen LogP contribution in [0.25, 0.3) is 10.9 Å². The zero-order valence-corrected chi connectivity index (χ0v) is 25.8. The monoisotopic (exact) mass is 642 g/mol. The van der Waals surface area contributed by atoms with Crippen LogP contribution in [0.2, 0.25) is 0 Å². The largest absolute Gasteiger partial charge is 0.495 e. The molecule has 2 aliphatic heterocycles. The summed E-state index contributed by atoms with van der Waals surface area (Å²) in [6.07, 6.45) is -3.88. The molecule has 3 aromatic rings. The van der Waals surface area contributed by atoms with Crippen LogP contribution in [-0.4, -0.2) is 93.4 Å². The summed E-state index contributed by atoms with van der Waals surface area (Å²) in [5.41, 5.74) is 1.96. The van der Waals surface area contributed by atoms with Gasteiger partial charge in [-0.15, -0.1) is 0 Å². The van der Waals surface area contributed by atoms with Gasteiger partial charge < -0.3 is 24.8 Å². The minimum absolute atomic E-state index is 0.117. The second-order valence-electron chi connectivity index (χ2n) is 10.9. The predicted octanol–water partition coefficient (Wildman–Crippen LogP) is 5.17. The molecular formula is C28H34F4N6O3S2. The molecule has 1 saturated heterocycles. The molecule has 2 aliphatic rings. The summed E-state index contributed by atoms with van der Waals surface area (Å²) in [5.74, 6) is 0.335. The Hall–Kier alpha value is -3.17. The molecule has 234 valence electrons. The molecule has 15 heteroatoms. The van der Waals surface area contributed by atoms with Crippen LogP contribution in [0.1, 0.15) is 17.5 Å². The van der Waals surface area contributed by atoms with E-state index in [2.05, 4.69) is 15.7 Å². The lowest BCUT2D eigenvalue weighted by Crippen LogP contribution is -2.46. The number of rotatable bonds is 9. The molecule has 5 rings (SSSR count). The molecule has 1 aromatic heterocycles. The lowest BCUT2D eigenvalue weighted by Gasteiger charge is -2.33. The topological polar surface area (TPSA) is 91.2 Å². The number of fused-ring (bicyclic) bond motifs is 1. The number of hydrogen-bond donors (Lipinski definition) is 2. The minimum atomic E-state index is -4.47. The Kier molecular flexibility index (Phi) is 8.78. The van der Waals surface area contributed by atoms with E-state index < -0.39 is 40.1 Å². The highest BCUT2D eigenvalue weighted by atomic mass is 32.2. The number of nitrogens with one attached hydrogen (secondary N) is 2. The number of likely N-dealkylation sites (tertiary alicyclic amines) is 1. The number of anilines is 2. The summed E-state index contributed by atoms with van der Waals surface area (Å²) in [7, 11) is 1.57. The van der Waals surface area contributed by atoms with Crippen molar-refractivity contribution in [1.29, 1.82) is 0 Å². The fraction of sp³-hybridized carbons (Fsp3) is 0.464. The maximum Gasteiger partial charge on any atom is 0.406 e. The Balaban J connectivity index is 1.40. The lowest BCUT2D eigenvalue weighted by molar-refractivity contribution is -0.140. The highest BCUT2D eigenvalue weighted by Crippen LogP contribution is 2.43. The fourth-order valence-corrected chi connectivity index (χ4v) is 7.16. The first-order valence-corrected chi connectivity index (χ1v) is 16.4. The number of hydrogen-bond acceptors (Lipinski definition) is 9. The number of methoxy groups -OCH3 is 1. The fourth-order valence-electron chi connectivity index (χ4n) is 5.42. The van der Waals surface area contributed by atoms with Gasteiger partial charge >= 0.3 is 6.18 Å². The number of halogens is 4. The highest BCUT2D eigenvalue weighted by molar-refractivity contribution is 8.14. The van der Waals surface area contributed by atoms with Crippen LogP contribution < -0.4 is 15.4 Å². The van der Waals surface area contributed by atoms with Crippen LogP contribution in [0.15, 0.2) is 52.5 Å². The van der Waals surface area contributed by atoms with Crippen molar-refractivity contribution in [2.45, 2.75) is 41.6 Å². The molecule has 9 nitrogen and oxygen atoms in total. The standard InChI is InChI=1S/C28H34F4N6O3S2/c1-36-11-10-21(19(29)15-36)34-20-6-5-7-23-18(20)13-24(38(23)16-28(30,31)32)27-37(2)35-26(42-27)14-33-22-9-8-17(43(4,39)40)12-25(22)41-3/h5-9,12-13,19,21,27,33-34H,10-11,14-16H2,1-4H3/t19-,21+,27?/m0/s1. The summed E-state index contributed by atoms with van der Waals surface area (Å²) in [5, 5.41) is 13.3. The molecule has 0 amide bonds. The van der Waals surface area contributed by atoms with Crippen molar-refractivity contribution in [3.63, 3.8) is 0 Å². The maximum atomic E-state index is 14.8. The third-order valence-corrected chi connectivity index (χ3v) is 9.92. The Labute approximate surface area is 252 Å². The van der Waals surface area contributed by atoms with Gasteiger partial charge in [-0.2, -0.15) is 18.3 Å². The van der Waals surface area contributed by atoms with Crippen molar-refractivity contribution in [1.82, 2.24) is 14.5 Å². The number of sulfone groups is 1. The summed E-state index contributed by atoms with van der Waals surface area (Å²) >= 11 is 1.31. The van der Waals surface area contributed by atoms with Crippen LogP contribution in [0, 0.1) is 0 Å². The highest BCUT2D eigenvalue weighted by Gasteiger charge is 2.35. The van der Waals surface area contributed by atoms with Gasteiger partial charge in [-0.3, -0.25) is 5.01 Å². The molecule has 0 saturated carbocycles. The van der Waals surface area contributed by atoms with E-state index in [-0.39, 0.29) is 11.4 Å². The van der Waals surface area contributed by atoms with E-state index in [0.717, 1.165) is 12.8 Å². The van der Waals surface area contributed by atoms with Gasteiger partial charge in [0.15, 0.2) is 9.84 Å². The van der Waals surface area contributed by atoms with E-state index in [0.29, 0.717) is 51.7 Å². The number of alkyl halides is 4. The van der Waals surface area contributed by atoms with Crippen molar-refractivity contribution < 1.29 is 30.7 Å². The second kappa shape index (κ2) is 12.1. The Morgan fingerprint density at radius 2 is 1.91 bits per heavy atom. The molecule has 1 fully saturated rings. The van der Waals surface area contributed by atoms with E-state index in [1.165, 1.54) is 35.6 Å². The van der Waals surface area contributed by atoms with Crippen molar-refractivity contribution in [2.24, 2.45) is 5.10 Å². The van der Waals surface area contributed by atoms with Gasteiger partial charge in [0.25, 0.3) is 0 Å². The summed E-state index contributed by atoms with van der Waals surface area (Å²) in [6, 6.07) is 10.9. The van der Waals surface area contributed by atoms with Crippen molar-refractivity contribution in [3.8, 4) is 5.75 Å². The first-order chi connectivity index (χ1) is 20.2. The Bertz CT molecular complexity index is 1630. The summed E-state index contributed by atoms with van der Waals surface area (Å²) in [4.78, 5) is 2.04. The van der Waals surface area contributed by atoms with Crippen molar-refractivity contribution in [2.75, 3.05) is 57.7 Å². The molecule has 0 spiro atoms. The van der Waals surface area contributed by atoms with Gasteiger partial charge in [0.1, 0.15) is 28.9 Å². The van der Waals surface area contributed by atoms with Gasteiger partial charge in [0, 0.05) is 43.5 Å². The molecule has 0 radical (unpaired) electrons. The molecule has 1 unspecified atom stereocenters. The average Bonchev–Trinajstić information content (AvgIpc) is 3.47. The smallest absolute Gasteiger partial charge is 0.406 e. The van der Waals surface area contributed by atoms with E-state index in [1.54, 1.807) is 42.4 Å². The zero-order chi connectivity index (χ0) is 31.1. The van der Waals surface area contributed by atoms with Gasteiger partial charge in [0.05, 0.1) is 41.5 Å². The lowest BCUT2D eigenvalue weighted by atomic mass is 10.0. The quantitative estimate of drug-likeness (QED) is 0.309. The number of aromatic nitrogens is 1. The molecular weight excluding hydrogens is 608 g/mol. The first-order valence-electron chi connectivity index (χ1n) is 13.6.